The molecule has 1 aromatic rings. The van der Waals surface area contributed by atoms with Crippen LogP contribution in [0.2, 0.25) is 0 Å². The summed E-state index contributed by atoms with van der Waals surface area (Å²) < 4.78 is 0. The van der Waals surface area contributed by atoms with E-state index in [1.165, 1.54) is 0 Å². The van der Waals surface area contributed by atoms with Crippen molar-refractivity contribution in [3.8, 4) is 5.75 Å². The number of nitrogens with two attached hydrogens (primary N) is 1. The van der Waals surface area contributed by atoms with Crippen LogP contribution in [0.3, 0.4) is 0 Å². The lowest BCUT2D eigenvalue weighted by Gasteiger charge is -2.34. The third kappa shape index (κ3) is 5.07. The second kappa shape index (κ2) is 10.5. The molecule has 0 unspecified atom stereocenters. The van der Waals surface area contributed by atoms with Crippen molar-refractivity contribution in [2.75, 3.05) is 47.2 Å². The average Bonchev–Trinajstić information content (AvgIpc) is 2.78. The smallest absolute Gasteiger partial charge is 0.255 e. The third-order valence-electron chi connectivity index (χ3n) is 7.02. The molecule has 0 saturated carbocycles. The molecular formula is C26H36N4O7. The fraction of sp³-hybridized carbons (Fsp3) is 0.500. The summed E-state index contributed by atoms with van der Waals surface area (Å²) in [4.78, 5) is 43.9. The van der Waals surface area contributed by atoms with Gasteiger partial charge in [-0.25, -0.2) is 0 Å². The molecule has 2 aliphatic rings. The first-order chi connectivity index (χ1) is 17.2. The van der Waals surface area contributed by atoms with Gasteiger partial charge in [0.1, 0.15) is 22.8 Å². The van der Waals surface area contributed by atoms with Gasteiger partial charge in [0, 0.05) is 37.5 Å². The second-order valence-corrected chi connectivity index (χ2v) is 10.4. The predicted molar refractivity (Wildman–Crippen MR) is 138 cm³/mol. The van der Waals surface area contributed by atoms with Gasteiger partial charge in [0.25, 0.3) is 5.91 Å². The summed E-state index contributed by atoms with van der Waals surface area (Å²) in [6.07, 6.45) is -1.66. The number of hydrogen-bond acceptors (Lipinski definition) is 10. The number of aliphatic hydroxyl groups excluding tert-OH is 3. The Balaban J connectivity index is 2.30. The van der Waals surface area contributed by atoms with E-state index in [0.717, 1.165) is 5.69 Å². The first kappa shape index (κ1) is 28.2. The number of primary amides is 1. The highest BCUT2D eigenvalue weighted by Gasteiger charge is 2.43. The number of carbonyl (C=O) groups is 3. The Hall–Kier alpha value is -3.41. The van der Waals surface area contributed by atoms with Crippen LogP contribution in [0.25, 0.3) is 5.76 Å². The number of carbonyl (C=O) groups excluding carboxylic acids is 3. The maximum atomic E-state index is 13.5. The van der Waals surface area contributed by atoms with Gasteiger partial charge in [0.05, 0.1) is 11.6 Å². The lowest BCUT2D eigenvalue weighted by molar-refractivity contribution is -0.135. The van der Waals surface area contributed by atoms with Crippen LogP contribution in [-0.4, -0.2) is 102 Å². The van der Waals surface area contributed by atoms with Crippen molar-refractivity contribution < 1.29 is 34.8 Å². The quantitative estimate of drug-likeness (QED) is 0.274. The minimum atomic E-state index is -2.37. The predicted octanol–water partition coefficient (Wildman–Crippen LogP) is 0.482. The number of nitrogens with zero attached hydrogens (tertiary/aromatic N) is 3. The highest BCUT2D eigenvalue weighted by molar-refractivity contribution is 6.29. The van der Waals surface area contributed by atoms with Crippen LogP contribution in [0.15, 0.2) is 23.0 Å². The van der Waals surface area contributed by atoms with Crippen LogP contribution in [0.1, 0.15) is 29.5 Å². The molecule has 1 aromatic carbocycles. The summed E-state index contributed by atoms with van der Waals surface area (Å²) in [6.45, 7) is 0.359. The Morgan fingerprint density at radius 1 is 1.03 bits per heavy atom. The molecule has 1 amide bonds. The number of hydrogen-bond donors (Lipinski definition) is 5. The van der Waals surface area contributed by atoms with Crippen molar-refractivity contribution in [1.29, 1.82) is 0 Å². The van der Waals surface area contributed by atoms with Gasteiger partial charge in [-0.3, -0.25) is 19.3 Å². The highest BCUT2D eigenvalue weighted by Crippen LogP contribution is 2.46. The molecule has 0 saturated heterocycles. The Morgan fingerprint density at radius 2 is 1.65 bits per heavy atom. The van der Waals surface area contributed by atoms with Crippen molar-refractivity contribution in [3.05, 3.63) is 39.7 Å². The van der Waals surface area contributed by atoms with E-state index in [1.807, 2.05) is 44.1 Å². The molecular weight excluding hydrogens is 480 g/mol. The molecule has 2 aliphatic carbocycles. The molecule has 0 spiro atoms. The van der Waals surface area contributed by atoms with Gasteiger partial charge in [0.2, 0.25) is 5.78 Å². The third-order valence-corrected chi connectivity index (χ3v) is 7.02. The number of phenolic OH excluding ortho intramolecular Hbond substituents is 1. The maximum absolute atomic E-state index is 13.5. The van der Waals surface area contributed by atoms with Crippen molar-refractivity contribution in [3.63, 3.8) is 0 Å². The SMILES string of the molecule is CN(C)Cc1cc(N(C)C)c2c(c1O)C(O)=C1C(=O)[C@H](O)C(=O)/C(C(N)=O)=C(/O)[C@@H](N(C)C)CC[C@@H]1C2. The number of amides is 1. The van der Waals surface area contributed by atoms with E-state index in [-0.39, 0.29) is 36.1 Å². The van der Waals surface area contributed by atoms with Crippen molar-refractivity contribution in [2.45, 2.75) is 38.0 Å². The van der Waals surface area contributed by atoms with Crippen LogP contribution >= 0.6 is 0 Å². The van der Waals surface area contributed by atoms with Gasteiger partial charge >= 0.3 is 0 Å². The van der Waals surface area contributed by atoms with E-state index < -0.39 is 52.6 Å². The van der Waals surface area contributed by atoms with E-state index in [9.17, 15) is 34.8 Å². The summed E-state index contributed by atoms with van der Waals surface area (Å²) >= 11 is 0. The lowest BCUT2D eigenvalue weighted by Crippen LogP contribution is -2.43. The molecule has 6 N–H and O–H groups in total. The number of rotatable bonds is 5. The van der Waals surface area contributed by atoms with E-state index in [4.69, 9.17) is 5.73 Å². The van der Waals surface area contributed by atoms with Gasteiger partial charge in [-0.1, -0.05) is 0 Å². The van der Waals surface area contributed by atoms with Crippen molar-refractivity contribution >= 4 is 28.9 Å². The van der Waals surface area contributed by atoms with Gasteiger partial charge in [0.15, 0.2) is 11.9 Å². The summed E-state index contributed by atoms with van der Waals surface area (Å²) in [5.41, 5.74) is 6.29. The van der Waals surface area contributed by atoms with Crippen LogP contribution < -0.4 is 10.6 Å². The Bertz CT molecular complexity index is 1200. The fourth-order valence-corrected chi connectivity index (χ4v) is 5.26. The molecule has 0 aromatic heterocycles. The lowest BCUT2D eigenvalue weighted by atomic mass is 9.74. The van der Waals surface area contributed by atoms with E-state index in [0.29, 0.717) is 17.7 Å². The topological polar surface area (TPSA) is 168 Å². The van der Waals surface area contributed by atoms with Crippen LogP contribution in [0.5, 0.6) is 5.75 Å². The van der Waals surface area contributed by atoms with Crippen molar-refractivity contribution in [1.82, 2.24) is 9.80 Å². The van der Waals surface area contributed by atoms with Gasteiger partial charge in [-0.15, -0.1) is 0 Å². The normalized spacial score (nSPS) is 24.8. The Kier molecular flexibility index (Phi) is 8.01. The van der Waals surface area contributed by atoms with Crippen LogP contribution in [-0.2, 0) is 27.3 Å². The molecule has 0 heterocycles. The zero-order chi connectivity index (χ0) is 27.9. The number of aromatic hydroxyl groups is 1. The number of Topliss-reactive ketones (excluding diaryl/α,β-unsaturated/α-hetero) is 2. The molecule has 202 valence electrons. The zero-order valence-corrected chi connectivity index (χ0v) is 22.1. The molecule has 11 nitrogen and oxygen atoms in total. The van der Waals surface area contributed by atoms with Gasteiger partial charge < -0.3 is 36.0 Å². The molecule has 0 bridgehead atoms. The molecule has 37 heavy (non-hydrogen) atoms. The summed E-state index contributed by atoms with van der Waals surface area (Å²) in [5.74, 6) is -5.66. The average molecular weight is 517 g/mol. The summed E-state index contributed by atoms with van der Waals surface area (Å²) in [7, 11) is 10.6. The Labute approximate surface area is 216 Å². The monoisotopic (exact) mass is 516 g/mol. The summed E-state index contributed by atoms with van der Waals surface area (Å²) in [6, 6.07) is 1.03. The number of anilines is 1. The largest absolute Gasteiger partial charge is 0.510 e. The zero-order valence-electron chi connectivity index (χ0n) is 22.1. The number of aliphatic hydroxyl groups is 3. The fourth-order valence-electron chi connectivity index (χ4n) is 5.26. The molecule has 0 fully saturated rings. The first-order valence-electron chi connectivity index (χ1n) is 12.0. The number of benzene rings is 1. The molecule has 3 rings (SSSR count). The first-order valence-corrected chi connectivity index (χ1v) is 12.0. The molecule has 0 aliphatic heterocycles. The second-order valence-electron chi connectivity index (χ2n) is 10.4. The Morgan fingerprint density at radius 3 is 2.16 bits per heavy atom. The van der Waals surface area contributed by atoms with E-state index in [2.05, 4.69) is 0 Å². The van der Waals surface area contributed by atoms with E-state index in [1.54, 1.807) is 19.0 Å². The number of fused-ring (bicyclic) bond motifs is 2. The number of likely N-dealkylation sites (N-methyl/N-ethyl adjacent to an activating group) is 1. The maximum Gasteiger partial charge on any atom is 0.255 e. The molecule has 0 radical (unpaired) electrons. The minimum Gasteiger partial charge on any atom is -0.510 e. The van der Waals surface area contributed by atoms with Crippen LogP contribution in [0.4, 0.5) is 5.69 Å². The minimum absolute atomic E-state index is 0.0806. The van der Waals surface area contributed by atoms with Gasteiger partial charge in [-0.2, -0.15) is 0 Å². The molecule has 3 atom stereocenters. The highest BCUT2D eigenvalue weighted by atomic mass is 16.3. The van der Waals surface area contributed by atoms with Crippen LogP contribution in [0, 0.1) is 5.92 Å². The molecule has 11 heteroatoms. The van der Waals surface area contributed by atoms with Crippen molar-refractivity contribution in [2.24, 2.45) is 11.7 Å². The standard InChI is InChI=1S/C26H36N4O7/c1-28(2)11-13-10-16(30(5)6)14-9-12-7-8-15(29(3)4)21(32)19(26(27)37)24(35)25(36)23(34)17(12)22(33)18(14)20(13)31/h10,12,15,25,31-33,36H,7-9,11H2,1-6H3,(H2,27,37)/b21-19-/t12-,15+,25+/m1/s1. The summed E-state index contributed by atoms with van der Waals surface area (Å²) in [5, 5.41) is 44.1. The number of ketones is 2. The number of phenols is 1. The van der Waals surface area contributed by atoms with Gasteiger partial charge in [-0.05, 0) is 65.0 Å². The van der Waals surface area contributed by atoms with E-state index >= 15 is 0 Å².